The second kappa shape index (κ2) is 8.15. The third-order valence-electron chi connectivity index (χ3n) is 5.72. The van der Waals surface area contributed by atoms with Crippen LogP contribution < -0.4 is 16.4 Å². The number of phenolic OH excluding ortho intramolecular Hbond substituents is 1. The number of benzene rings is 2. The summed E-state index contributed by atoms with van der Waals surface area (Å²) in [6.45, 7) is -0.0988. The standard InChI is InChI=1S/C22H20F2N4O5/c23-22(24,13-2-4-15(25)17(29)8-13)21(33)26-9-11-1-3-14-12(7-11)10-28(20(14)32)16-5-6-18(30)27-19(16)31/h1-4,7-8,16,29H,5-6,9-10,25H2,(H,26,33)(H,27,30,31). The first-order valence-corrected chi connectivity index (χ1v) is 10.1. The number of carbonyl (C=O) groups is 4. The van der Waals surface area contributed by atoms with Crippen LogP contribution >= 0.6 is 0 Å². The number of nitrogens with two attached hydrogens (primary N) is 1. The Morgan fingerprint density at radius 2 is 1.97 bits per heavy atom. The zero-order valence-electron chi connectivity index (χ0n) is 17.2. The highest BCUT2D eigenvalue weighted by Crippen LogP contribution is 2.33. The van der Waals surface area contributed by atoms with E-state index < -0.39 is 35.1 Å². The molecule has 2 heterocycles. The number of anilines is 1. The number of hydrogen-bond acceptors (Lipinski definition) is 6. The minimum atomic E-state index is -3.90. The fourth-order valence-corrected chi connectivity index (χ4v) is 3.90. The van der Waals surface area contributed by atoms with Gasteiger partial charge in [0.1, 0.15) is 11.8 Å². The number of imide groups is 1. The van der Waals surface area contributed by atoms with Crippen molar-refractivity contribution in [3.05, 3.63) is 58.7 Å². The highest BCUT2D eigenvalue weighted by Gasteiger charge is 2.41. The van der Waals surface area contributed by atoms with Gasteiger partial charge in [-0.1, -0.05) is 18.2 Å². The van der Waals surface area contributed by atoms with Crippen molar-refractivity contribution in [3.8, 4) is 5.75 Å². The van der Waals surface area contributed by atoms with Crippen molar-refractivity contribution in [2.45, 2.75) is 37.9 Å². The summed E-state index contributed by atoms with van der Waals surface area (Å²) in [5.74, 6) is -7.29. The normalized spacial score (nSPS) is 18.2. The van der Waals surface area contributed by atoms with Crippen molar-refractivity contribution in [1.82, 2.24) is 15.5 Å². The predicted octanol–water partition coefficient (Wildman–Crippen LogP) is 1.14. The van der Waals surface area contributed by atoms with E-state index in [-0.39, 0.29) is 43.4 Å². The number of rotatable bonds is 5. The summed E-state index contributed by atoms with van der Waals surface area (Å²) in [6.07, 6.45) is 0.358. The van der Waals surface area contributed by atoms with Crippen molar-refractivity contribution in [1.29, 1.82) is 0 Å². The Hall–Kier alpha value is -4.02. The molecule has 0 aliphatic carbocycles. The fraction of sp³-hybridized carbons (Fsp3) is 0.273. The second-order valence-electron chi connectivity index (χ2n) is 7.92. The van der Waals surface area contributed by atoms with Crippen molar-refractivity contribution in [2.75, 3.05) is 5.73 Å². The molecule has 33 heavy (non-hydrogen) atoms. The largest absolute Gasteiger partial charge is 0.506 e. The summed E-state index contributed by atoms with van der Waals surface area (Å²) in [7, 11) is 0. The first-order chi connectivity index (χ1) is 15.6. The van der Waals surface area contributed by atoms with Crippen LogP contribution in [0.15, 0.2) is 36.4 Å². The Labute approximate surface area is 186 Å². The van der Waals surface area contributed by atoms with Gasteiger partial charge in [0.2, 0.25) is 11.8 Å². The summed E-state index contributed by atoms with van der Waals surface area (Å²) in [5, 5.41) is 13.9. The van der Waals surface area contributed by atoms with E-state index in [4.69, 9.17) is 5.73 Å². The van der Waals surface area contributed by atoms with Crippen LogP contribution in [0.3, 0.4) is 0 Å². The predicted molar refractivity (Wildman–Crippen MR) is 111 cm³/mol. The molecule has 0 bridgehead atoms. The van der Waals surface area contributed by atoms with E-state index in [1.54, 1.807) is 6.07 Å². The van der Waals surface area contributed by atoms with E-state index in [1.807, 2.05) is 0 Å². The van der Waals surface area contributed by atoms with Gasteiger partial charge in [-0.2, -0.15) is 8.78 Å². The molecule has 1 unspecified atom stereocenters. The number of fused-ring (bicyclic) bond motifs is 1. The van der Waals surface area contributed by atoms with Gasteiger partial charge in [0.15, 0.2) is 0 Å². The smallest absolute Gasteiger partial charge is 0.349 e. The molecule has 11 heteroatoms. The topological polar surface area (TPSA) is 142 Å². The van der Waals surface area contributed by atoms with Crippen LogP contribution in [-0.4, -0.2) is 39.7 Å². The molecule has 2 aromatic carbocycles. The molecule has 2 aromatic rings. The maximum atomic E-state index is 14.5. The molecule has 1 fully saturated rings. The first kappa shape index (κ1) is 22.2. The first-order valence-electron chi connectivity index (χ1n) is 10.1. The maximum absolute atomic E-state index is 14.5. The lowest BCUT2D eigenvalue weighted by Gasteiger charge is -2.29. The van der Waals surface area contributed by atoms with Gasteiger partial charge in [-0.3, -0.25) is 24.5 Å². The van der Waals surface area contributed by atoms with E-state index >= 15 is 0 Å². The van der Waals surface area contributed by atoms with E-state index in [0.29, 0.717) is 16.7 Å². The molecule has 0 saturated carbocycles. The summed E-state index contributed by atoms with van der Waals surface area (Å²) in [6, 6.07) is 6.66. The summed E-state index contributed by atoms with van der Waals surface area (Å²) < 4.78 is 29.0. The minimum absolute atomic E-state index is 0.0889. The molecule has 172 valence electrons. The lowest BCUT2D eigenvalue weighted by molar-refractivity contribution is -0.147. The van der Waals surface area contributed by atoms with Crippen LogP contribution in [0.1, 0.15) is 39.9 Å². The van der Waals surface area contributed by atoms with Crippen LogP contribution in [0.5, 0.6) is 5.75 Å². The number of piperidine rings is 1. The highest BCUT2D eigenvalue weighted by molar-refractivity contribution is 6.05. The summed E-state index contributed by atoms with van der Waals surface area (Å²) in [4.78, 5) is 49.7. The molecule has 1 saturated heterocycles. The highest BCUT2D eigenvalue weighted by atomic mass is 19.3. The van der Waals surface area contributed by atoms with Crippen LogP contribution in [0.2, 0.25) is 0 Å². The number of nitrogens with one attached hydrogen (secondary N) is 2. The number of halogens is 2. The van der Waals surface area contributed by atoms with E-state index in [2.05, 4.69) is 10.6 Å². The third kappa shape index (κ3) is 4.09. The van der Waals surface area contributed by atoms with Crippen molar-refractivity contribution >= 4 is 29.3 Å². The fourth-order valence-electron chi connectivity index (χ4n) is 3.90. The molecule has 4 rings (SSSR count). The number of carbonyl (C=O) groups excluding carboxylic acids is 4. The lowest BCUT2D eigenvalue weighted by atomic mass is 10.0. The number of nitrogen functional groups attached to an aromatic ring is 1. The molecule has 0 aromatic heterocycles. The second-order valence-corrected chi connectivity index (χ2v) is 7.92. The zero-order chi connectivity index (χ0) is 23.9. The monoisotopic (exact) mass is 458 g/mol. The van der Waals surface area contributed by atoms with Crippen LogP contribution in [-0.2, 0) is 33.4 Å². The number of alkyl halides is 2. The average molecular weight is 458 g/mol. The van der Waals surface area contributed by atoms with Gasteiger partial charge >= 0.3 is 5.92 Å². The van der Waals surface area contributed by atoms with Gasteiger partial charge in [-0.15, -0.1) is 0 Å². The minimum Gasteiger partial charge on any atom is -0.506 e. The van der Waals surface area contributed by atoms with Gasteiger partial charge in [0.05, 0.1) is 5.69 Å². The molecule has 2 aliphatic heterocycles. The molecular formula is C22H20F2N4O5. The third-order valence-corrected chi connectivity index (χ3v) is 5.72. The molecule has 1 atom stereocenters. The SMILES string of the molecule is Nc1ccc(C(F)(F)C(=O)NCc2ccc3c(c2)CN(C2CCC(=O)NC2=O)C3=O)cc1O. The molecule has 0 radical (unpaired) electrons. The number of phenols is 1. The molecule has 0 spiro atoms. The Morgan fingerprint density at radius 3 is 2.67 bits per heavy atom. The van der Waals surface area contributed by atoms with Crippen molar-refractivity contribution in [2.24, 2.45) is 0 Å². The van der Waals surface area contributed by atoms with Gasteiger partial charge in [0.25, 0.3) is 11.8 Å². The Bertz CT molecular complexity index is 1180. The number of amides is 4. The number of nitrogens with zero attached hydrogens (tertiary/aromatic N) is 1. The van der Waals surface area contributed by atoms with Gasteiger partial charge in [0, 0.05) is 30.6 Å². The van der Waals surface area contributed by atoms with Crippen LogP contribution in [0.4, 0.5) is 14.5 Å². The molecule has 5 N–H and O–H groups in total. The molecular weight excluding hydrogens is 438 g/mol. The van der Waals surface area contributed by atoms with Crippen molar-refractivity contribution in [3.63, 3.8) is 0 Å². The van der Waals surface area contributed by atoms with E-state index in [1.165, 1.54) is 17.0 Å². The average Bonchev–Trinajstić information content (AvgIpc) is 3.09. The number of hydrogen-bond donors (Lipinski definition) is 4. The molecule has 4 amide bonds. The maximum Gasteiger partial charge on any atom is 0.349 e. The lowest BCUT2D eigenvalue weighted by Crippen LogP contribution is -2.52. The Kier molecular flexibility index (Phi) is 5.48. The molecule has 2 aliphatic rings. The van der Waals surface area contributed by atoms with Crippen LogP contribution in [0, 0.1) is 0 Å². The van der Waals surface area contributed by atoms with Crippen LogP contribution in [0.25, 0.3) is 0 Å². The number of aromatic hydroxyl groups is 1. The Balaban J connectivity index is 1.44. The zero-order valence-corrected chi connectivity index (χ0v) is 17.2. The Morgan fingerprint density at radius 1 is 1.21 bits per heavy atom. The molecule has 9 nitrogen and oxygen atoms in total. The van der Waals surface area contributed by atoms with Gasteiger partial charge in [-0.25, -0.2) is 0 Å². The van der Waals surface area contributed by atoms with Gasteiger partial charge < -0.3 is 21.1 Å². The summed E-state index contributed by atoms with van der Waals surface area (Å²) in [5.41, 5.74) is 6.06. The summed E-state index contributed by atoms with van der Waals surface area (Å²) >= 11 is 0. The van der Waals surface area contributed by atoms with E-state index in [9.17, 15) is 33.1 Å². The van der Waals surface area contributed by atoms with E-state index in [0.717, 1.165) is 18.2 Å². The van der Waals surface area contributed by atoms with Gasteiger partial charge in [-0.05, 0) is 35.7 Å². The van der Waals surface area contributed by atoms with Crippen molar-refractivity contribution < 1.29 is 33.1 Å². The quantitative estimate of drug-likeness (QED) is 0.301.